The fraction of sp³-hybridized carbons (Fsp3) is 0.200. The van der Waals surface area contributed by atoms with E-state index in [-0.39, 0.29) is 17.7 Å². The SMILES string of the molecule is CCOC(=O)C1=C(C)N=c2sc(=Cc3ccc(-c4cc(C(=O)O)ccc4Cl)o3)c(=O)n2[C@@H]1c1ccc(OC)cc1OC. The molecule has 0 bridgehead atoms. The van der Waals surface area contributed by atoms with Gasteiger partial charge in [0.1, 0.15) is 29.1 Å². The number of carboxylic acid groups (broad SMARTS) is 1. The van der Waals surface area contributed by atoms with Gasteiger partial charge < -0.3 is 23.7 Å². The minimum absolute atomic E-state index is 0.0578. The van der Waals surface area contributed by atoms with Gasteiger partial charge in [0.15, 0.2) is 4.80 Å². The number of carboxylic acids is 1. The third-order valence-corrected chi connectivity index (χ3v) is 7.94. The number of hydrogen-bond acceptors (Lipinski definition) is 9. The van der Waals surface area contributed by atoms with E-state index in [2.05, 4.69) is 4.99 Å². The molecule has 2 aromatic carbocycles. The lowest BCUT2D eigenvalue weighted by Crippen LogP contribution is -2.40. The van der Waals surface area contributed by atoms with Gasteiger partial charge in [-0.2, -0.15) is 0 Å². The van der Waals surface area contributed by atoms with E-state index in [1.807, 2.05) is 0 Å². The fourth-order valence-corrected chi connectivity index (χ4v) is 5.92. The lowest BCUT2D eigenvalue weighted by atomic mass is 9.95. The number of aromatic nitrogens is 1. The van der Waals surface area contributed by atoms with E-state index in [0.29, 0.717) is 54.2 Å². The third kappa shape index (κ3) is 5.24. The topological polar surface area (TPSA) is 130 Å². The molecule has 0 saturated heterocycles. The number of methoxy groups -OCH3 is 2. The molecule has 1 aliphatic heterocycles. The second-order valence-electron chi connectivity index (χ2n) is 9.11. The summed E-state index contributed by atoms with van der Waals surface area (Å²) >= 11 is 7.44. The van der Waals surface area contributed by atoms with E-state index in [1.54, 1.807) is 50.3 Å². The van der Waals surface area contributed by atoms with Crippen LogP contribution in [-0.2, 0) is 9.53 Å². The van der Waals surface area contributed by atoms with Crippen LogP contribution in [-0.4, -0.2) is 42.4 Å². The molecule has 0 spiro atoms. The Hall–Kier alpha value is -4.61. The summed E-state index contributed by atoms with van der Waals surface area (Å²) in [6.07, 6.45) is 1.56. The first kappa shape index (κ1) is 28.9. The minimum Gasteiger partial charge on any atom is -0.497 e. The van der Waals surface area contributed by atoms with Crippen LogP contribution in [0, 0.1) is 0 Å². The third-order valence-electron chi connectivity index (χ3n) is 6.63. The van der Waals surface area contributed by atoms with E-state index in [4.69, 9.17) is 30.2 Å². The first-order valence-corrected chi connectivity index (χ1v) is 13.9. The van der Waals surface area contributed by atoms with E-state index >= 15 is 0 Å². The summed E-state index contributed by atoms with van der Waals surface area (Å²) in [5.74, 6) is -0.0469. The van der Waals surface area contributed by atoms with Crippen LogP contribution in [0.1, 0.15) is 41.6 Å². The number of thiazole rings is 1. The van der Waals surface area contributed by atoms with Gasteiger partial charge >= 0.3 is 11.9 Å². The molecule has 0 fully saturated rings. The summed E-state index contributed by atoms with van der Waals surface area (Å²) < 4.78 is 24.0. The fourth-order valence-electron chi connectivity index (χ4n) is 4.68. The number of furan rings is 1. The van der Waals surface area contributed by atoms with Crippen molar-refractivity contribution in [1.82, 2.24) is 4.57 Å². The number of aromatic carboxylic acids is 1. The number of fused-ring (bicyclic) bond motifs is 1. The van der Waals surface area contributed by atoms with Crippen LogP contribution >= 0.6 is 22.9 Å². The maximum absolute atomic E-state index is 13.9. The molecule has 1 aliphatic rings. The van der Waals surface area contributed by atoms with Crippen LogP contribution in [0.4, 0.5) is 0 Å². The van der Waals surface area contributed by atoms with Crippen molar-refractivity contribution in [2.75, 3.05) is 20.8 Å². The quantitative estimate of drug-likeness (QED) is 0.291. The van der Waals surface area contributed by atoms with E-state index in [0.717, 1.165) is 11.3 Å². The number of esters is 1. The second kappa shape index (κ2) is 11.7. The Morgan fingerprint density at radius 3 is 2.62 bits per heavy atom. The molecule has 10 nitrogen and oxygen atoms in total. The zero-order chi connectivity index (χ0) is 30.1. The van der Waals surface area contributed by atoms with Crippen molar-refractivity contribution >= 4 is 41.0 Å². The number of carbonyl (C=O) groups excluding carboxylic acids is 1. The Morgan fingerprint density at radius 1 is 1.14 bits per heavy atom. The highest BCUT2D eigenvalue weighted by Gasteiger charge is 2.35. The van der Waals surface area contributed by atoms with Gasteiger partial charge in [0.25, 0.3) is 5.56 Å². The molecule has 0 unspecified atom stereocenters. The van der Waals surface area contributed by atoms with Crippen LogP contribution in [0.15, 0.2) is 74.0 Å². The largest absolute Gasteiger partial charge is 0.497 e. The average Bonchev–Trinajstić information content (AvgIpc) is 3.56. The van der Waals surface area contributed by atoms with Crippen molar-refractivity contribution in [2.24, 2.45) is 4.99 Å². The van der Waals surface area contributed by atoms with Gasteiger partial charge in [-0.15, -0.1) is 0 Å². The molecule has 5 rings (SSSR count). The van der Waals surface area contributed by atoms with Gasteiger partial charge in [-0.1, -0.05) is 22.9 Å². The molecule has 4 aromatic rings. The summed E-state index contributed by atoms with van der Waals surface area (Å²) in [6.45, 7) is 3.54. The molecule has 12 heteroatoms. The van der Waals surface area contributed by atoms with Crippen LogP contribution in [0.2, 0.25) is 5.02 Å². The summed E-state index contributed by atoms with van der Waals surface area (Å²) in [6, 6.07) is 11.9. The molecule has 0 aliphatic carbocycles. The second-order valence-corrected chi connectivity index (χ2v) is 10.5. The predicted octanol–water partition coefficient (Wildman–Crippen LogP) is 4.43. The van der Waals surface area contributed by atoms with Gasteiger partial charge in [0, 0.05) is 23.3 Å². The Labute approximate surface area is 248 Å². The van der Waals surface area contributed by atoms with Crippen LogP contribution < -0.4 is 24.4 Å². The number of allylic oxidation sites excluding steroid dienone is 1. The minimum atomic E-state index is -1.10. The number of halogens is 1. The Balaban J connectivity index is 1.66. The van der Waals surface area contributed by atoms with E-state index in [9.17, 15) is 19.5 Å². The zero-order valence-electron chi connectivity index (χ0n) is 23.0. The molecule has 2 aromatic heterocycles. The standard InChI is InChI=1S/C30H25ClN2O8S/c1-5-40-29(37)25-15(2)32-30-33(26(25)19-9-7-17(38-3)13-23(19)39-4)27(34)24(42-30)14-18-8-11-22(41-18)20-12-16(28(35)36)6-10-21(20)31/h6-14,26H,5H2,1-4H3,(H,35,36)/t26-/m1/s1. The smallest absolute Gasteiger partial charge is 0.338 e. The normalized spacial score (nSPS) is 14.8. The molecular formula is C30H25ClN2O8S. The van der Waals surface area contributed by atoms with Gasteiger partial charge in [-0.3, -0.25) is 9.36 Å². The summed E-state index contributed by atoms with van der Waals surface area (Å²) in [5, 5.41) is 9.67. The number of hydrogen-bond donors (Lipinski definition) is 1. The lowest BCUT2D eigenvalue weighted by molar-refractivity contribution is -0.139. The number of carbonyl (C=O) groups is 2. The molecule has 1 atom stereocenters. The van der Waals surface area contributed by atoms with Crippen LogP contribution in [0.3, 0.4) is 0 Å². The number of benzene rings is 2. The highest BCUT2D eigenvalue weighted by atomic mass is 35.5. The number of rotatable bonds is 8. The first-order valence-electron chi connectivity index (χ1n) is 12.7. The van der Waals surface area contributed by atoms with Crippen molar-refractivity contribution in [3.8, 4) is 22.8 Å². The Morgan fingerprint density at radius 2 is 1.93 bits per heavy atom. The summed E-state index contributed by atoms with van der Waals surface area (Å²) in [5.41, 5.74) is 1.24. The highest BCUT2D eigenvalue weighted by molar-refractivity contribution is 7.07. The summed E-state index contributed by atoms with van der Waals surface area (Å²) in [7, 11) is 3.03. The van der Waals surface area contributed by atoms with Crippen molar-refractivity contribution in [3.63, 3.8) is 0 Å². The molecule has 42 heavy (non-hydrogen) atoms. The monoisotopic (exact) mass is 608 g/mol. The van der Waals surface area contributed by atoms with Crippen LogP contribution in [0.5, 0.6) is 11.5 Å². The molecular weight excluding hydrogens is 584 g/mol. The molecule has 3 heterocycles. The van der Waals surface area contributed by atoms with Gasteiger partial charge in [-0.25, -0.2) is 14.6 Å². The molecule has 216 valence electrons. The van der Waals surface area contributed by atoms with Crippen molar-refractivity contribution < 1.29 is 33.3 Å². The summed E-state index contributed by atoms with van der Waals surface area (Å²) in [4.78, 5) is 43.5. The molecule has 0 amide bonds. The zero-order valence-corrected chi connectivity index (χ0v) is 24.5. The van der Waals surface area contributed by atoms with Crippen molar-refractivity contribution in [2.45, 2.75) is 19.9 Å². The number of ether oxygens (including phenoxy) is 3. The predicted molar refractivity (Wildman–Crippen MR) is 156 cm³/mol. The van der Waals surface area contributed by atoms with Gasteiger partial charge in [0.05, 0.1) is 47.2 Å². The van der Waals surface area contributed by atoms with Crippen molar-refractivity contribution in [1.29, 1.82) is 0 Å². The Kier molecular flexibility index (Phi) is 8.06. The molecule has 0 radical (unpaired) electrons. The highest BCUT2D eigenvalue weighted by Crippen LogP contribution is 2.37. The van der Waals surface area contributed by atoms with Gasteiger partial charge in [0.2, 0.25) is 0 Å². The van der Waals surface area contributed by atoms with Gasteiger partial charge in [-0.05, 0) is 56.3 Å². The van der Waals surface area contributed by atoms with E-state index < -0.39 is 23.5 Å². The maximum Gasteiger partial charge on any atom is 0.338 e. The van der Waals surface area contributed by atoms with E-state index in [1.165, 1.54) is 37.0 Å². The molecule has 0 saturated carbocycles. The average molecular weight is 609 g/mol. The lowest BCUT2D eigenvalue weighted by Gasteiger charge is -2.26. The maximum atomic E-state index is 13.9. The van der Waals surface area contributed by atoms with Crippen molar-refractivity contribution in [3.05, 3.63) is 101 Å². The van der Waals surface area contributed by atoms with Crippen LogP contribution in [0.25, 0.3) is 17.4 Å². The molecule has 1 N–H and O–H groups in total. The first-order chi connectivity index (χ1) is 20.2. The number of nitrogens with zero attached hydrogens (tertiary/aromatic N) is 2. The Bertz CT molecular complexity index is 1930.